The molecule has 0 saturated heterocycles. The number of aryl methyl sites for hydroxylation is 2. The van der Waals surface area contributed by atoms with Gasteiger partial charge in [-0.25, -0.2) is 4.98 Å². The fourth-order valence-electron chi connectivity index (χ4n) is 1.62. The number of hydrogen-bond donors (Lipinski definition) is 0. The van der Waals surface area contributed by atoms with Gasteiger partial charge in [0.15, 0.2) is 11.5 Å². The fourth-order valence-corrected chi connectivity index (χ4v) is 2.47. The highest BCUT2D eigenvalue weighted by Crippen LogP contribution is 2.29. The Morgan fingerprint density at radius 2 is 2.11 bits per heavy atom. The predicted molar refractivity (Wildman–Crippen MR) is 74.3 cm³/mol. The average Bonchev–Trinajstić information content (AvgIpc) is 2.75. The molecule has 0 radical (unpaired) electrons. The van der Waals surface area contributed by atoms with Gasteiger partial charge in [0, 0.05) is 10.4 Å². The summed E-state index contributed by atoms with van der Waals surface area (Å²) >= 11 is 1.61. The van der Waals surface area contributed by atoms with Gasteiger partial charge in [0.05, 0.1) is 12.8 Å². The minimum absolute atomic E-state index is 0.373. The molecule has 2 aromatic rings. The first-order valence-electron chi connectivity index (χ1n) is 5.83. The lowest BCUT2D eigenvalue weighted by atomic mass is 10.2. The van der Waals surface area contributed by atoms with Gasteiger partial charge in [-0.05, 0) is 32.0 Å². The van der Waals surface area contributed by atoms with E-state index in [1.165, 1.54) is 4.88 Å². The third-order valence-corrected chi connectivity index (χ3v) is 3.79. The van der Waals surface area contributed by atoms with E-state index in [4.69, 9.17) is 9.47 Å². The Labute approximate surface area is 116 Å². The lowest BCUT2D eigenvalue weighted by Crippen LogP contribution is -1.98. The summed E-state index contributed by atoms with van der Waals surface area (Å²) in [4.78, 5) is 16.4. The van der Waals surface area contributed by atoms with Gasteiger partial charge >= 0.3 is 0 Å². The van der Waals surface area contributed by atoms with Crippen LogP contribution in [0.1, 0.15) is 25.9 Å². The van der Waals surface area contributed by atoms with Gasteiger partial charge < -0.3 is 9.47 Å². The van der Waals surface area contributed by atoms with Crippen molar-refractivity contribution in [3.63, 3.8) is 0 Å². The molecule has 0 bridgehead atoms. The van der Waals surface area contributed by atoms with E-state index in [0.29, 0.717) is 23.7 Å². The second-order valence-corrected chi connectivity index (χ2v) is 5.35. The summed E-state index contributed by atoms with van der Waals surface area (Å²) in [5.74, 6) is 1.16. The van der Waals surface area contributed by atoms with E-state index in [-0.39, 0.29) is 0 Å². The fraction of sp³-hybridized carbons (Fsp3) is 0.286. The van der Waals surface area contributed by atoms with Crippen molar-refractivity contribution < 1.29 is 14.3 Å². The minimum Gasteiger partial charge on any atom is -0.493 e. The highest BCUT2D eigenvalue weighted by atomic mass is 32.1. The molecule has 0 aliphatic rings. The maximum atomic E-state index is 10.8. The summed E-state index contributed by atoms with van der Waals surface area (Å²) in [5.41, 5.74) is 1.58. The Morgan fingerprint density at radius 1 is 1.32 bits per heavy atom. The molecule has 0 N–H and O–H groups in total. The molecular weight excluding hydrogens is 262 g/mol. The Morgan fingerprint density at radius 3 is 2.68 bits per heavy atom. The summed E-state index contributed by atoms with van der Waals surface area (Å²) < 4.78 is 10.9. The second-order valence-electron chi connectivity index (χ2n) is 4.07. The molecule has 100 valence electrons. The lowest BCUT2D eigenvalue weighted by Gasteiger charge is -2.09. The molecule has 0 amide bonds. The van der Waals surface area contributed by atoms with Gasteiger partial charge in [-0.3, -0.25) is 4.79 Å². The topological polar surface area (TPSA) is 48.4 Å². The smallest absolute Gasteiger partial charge is 0.162 e. The zero-order chi connectivity index (χ0) is 13.8. The van der Waals surface area contributed by atoms with Crippen LogP contribution >= 0.6 is 11.3 Å². The number of benzene rings is 1. The van der Waals surface area contributed by atoms with E-state index in [1.54, 1.807) is 36.6 Å². The quantitative estimate of drug-likeness (QED) is 0.788. The molecule has 0 saturated carbocycles. The monoisotopic (exact) mass is 277 g/mol. The van der Waals surface area contributed by atoms with Crippen molar-refractivity contribution in [3.05, 3.63) is 39.3 Å². The van der Waals surface area contributed by atoms with Crippen molar-refractivity contribution in [2.45, 2.75) is 20.5 Å². The third-order valence-electron chi connectivity index (χ3n) is 2.75. The molecule has 1 heterocycles. The SMILES string of the molecule is COc1ccc(C=O)cc1OCc1nc(C)c(C)s1. The number of aldehydes is 1. The molecule has 0 aliphatic heterocycles. The summed E-state index contributed by atoms with van der Waals surface area (Å²) in [6, 6.07) is 5.08. The highest BCUT2D eigenvalue weighted by molar-refractivity contribution is 7.11. The molecule has 2 rings (SSSR count). The van der Waals surface area contributed by atoms with Crippen molar-refractivity contribution in [3.8, 4) is 11.5 Å². The number of methoxy groups -OCH3 is 1. The third kappa shape index (κ3) is 3.12. The second kappa shape index (κ2) is 5.84. The van der Waals surface area contributed by atoms with Crippen LogP contribution in [0.5, 0.6) is 11.5 Å². The van der Waals surface area contributed by atoms with Gasteiger partial charge in [-0.1, -0.05) is 0 Å². The van der Waals surface area contributed by atoms with E-state index in [2.05, 4.69) is 4.98 Å². The zero-order valence-electron chi connectivity index (χ0n) is 11.1. The van der Waals surface area contributed by atoms with Crippen molar-refractivity contribution in [1.29, 1.82) is 0 Å². The van der Waals surface area contributed by atoms with Crippen molar-refractivity contribution in [2.75, 3.05) is 7.11 Å². The zero-order valence-corrected chi connectivity index (χ0v) is 11.9. The maximum Gasteiger partial charge on any atom is 0.162 e. The summed E-state index contributed by atoms with van der Waals surface area (Å²) in [6.45, 7) is 4.38. The van der Waals surface area contributed by atoms with Crippen molar-refractivity contribution >= 4 is 17.6 Å². The average molecular weight is 277 g/mol. The maximum absolute atomic E-state index is 10.8. The van der Waals surface area contributed by atoms with Gasteiger partial charge in [-0.15, -0.1) is 11.3 Å². The summed E-state index contributed by atoms with van der Waals surface area (Å²) in [7, 11) is 1.57. The lowest BCUT2D eigenvalue weighted by molar-refractivity contribution is 0.112. The normalized spacial score (nSPS) is 10.3. The van der Waals surface area contributed by atoms with Crippen LogP contribution in [0.4, 0.5) is 0 Å². The van der Waals surface area contributed by atoms with E-state index in [9.17, 15) is 4.79 Å². The number of nitrogens with zero attached hydrogens (tertiary/aromatic N) is 1. The number of carbonyl (C=O) groups excluding carboxylic acids is 1. The number of carbonyl (C=O) groups is 1. The Balaban J connectivity index is 2.15. The number of ether oxygens (including phenoxy) is 2. The van der Waals surface area contributed by atoms with Gasteiger partial charge in [-0.2, -0.15) is 0 Å². The molecule has 0 fully saturated rings. The van der Waals surface area contributed by atoms with E-state index >= 15 is 0 Å². The molecule has 0 unspecified atom stereocenters. The van der Waals surface area contributed by atoms with Crippen molar-refractivity contribution in [2.24, 2.45) is 0 Å². The van der Waals surface area contributed by atoms with E-state index in [1.807, 2.05) is 13.8 Å². The van der Waals surface area contributed by atoms with E-state index < -0.39 is 0 Å². The molecule has 0 spiro atoms. The molecule has 1 aromatic heterocycles. The Hall–Kier alpha value is -1.88. The minimum atomic E-state index is 0.373. The van der Waals surface area contributed by atoms with Gasteiger partial charge in [0.2, 0.25) is 0 Å². The molecule has 0 aliphatic carbocycles. The Kier molecular flexibility index (Phi) is 4.16. The van der Waals surface area contributed by atoms with Crippen LogP contribution in [0.2, 0.25) is 0 Å². The number of thiazole rings is 1. The van der Waals surface area contributed by atoms with Crippen LogP contribution in [0, 0.1) is 13.8 Å². The van der Waals surface area contributed by atoms with Crippen LogP contribution in [0.25, 0.3) is 0 Å². The Bertz CT molecular complexity index is 573. The molecule has 4 nitrogen and oxygen atoms in total. The largest absolute Gasteiger partial charge is 0.493 e. The van der Waals surface area contributed by atoms with Gasteiger partial charge in [0.25, 0.3) is 0 Å². The van der Waals surface area contributed by atoms with Crippen molar-refractivity contribution in [1.82, 2.24) is 4.98 Å². The molecule has 5 heteroatoms. The van der Waals surface area contributed by atoms with Crippen LogP contribution < -0.4 is 9.47 Å². The van der Waals surface area contributed by atoms with Crippen LogP contribution in [-0.4, -0.2) is 18.4 Å². The molecule has 1 aromatic carbocycles. The standard InChI is InChI=1S/C14H15NO3S/c1-9-10(2)19-14(15-9)8-18-13-6-11(7-16)4-5-12(13)17-3/h4-7H,8H2,1-3H3. The highest BCUT2D eigenvalue weighted by Gasteiger charge is 2.08. The van der Waals surface area contributed by atoms with Crippen LogP contribution in [0.3, 0.4) is 0 Å². The number of hydrogen-bond acceptors (Lipinski definition) is 5. The summed E-state index contributed by atoms with van der Waals surface area (Å²) in [6.07, 6.45) is 0.782. The van der Waals surface area contributed by atoms with Gasteiger partial charge in [0.1, 0.15) is 17.9 Å². The summed E-state index contributed by atoms with van der Waals surface area (Å²) in [5, 5.41) is 0.911. The number of rotatable bonds is 5. The number of aromatic nitrogens is 1. The predicted octanol–water partition coefficient (Wildman–Crippen LogP) is 3.16. The molecule has 0 atom stereocenters. The van der Waals surface area contributed by atoms with Crippen LogP contribution in [0.15, 0.2) is 18.2 Å². The van der Waals surface area contributed by atoms with Crippen LogP contribution in [-0.2, 0) is 6.61 Å². The first kappa shape index (κ1) is 13.5. The molecular formula is C14H15NO3S. The first-order valence-corrected chi connectivity index (χ1v) is 6.64. The first-order chi connectivity index (χ1) is 9.13. The van der Waals surface area contributed by atoms with E-state index in [0.717, 1.165) is 17.0 Å². The molecule has 19 heavy (non-hydrogen) atoms.